The fraction of sp³-hybridized carbons (Fsp3) is 0.500. The molecule has 0 amide bonds. The standard InChI is InChI=1S/C8H13NOS/c1-10-5-2-4-9-8-3-6-11-7-8/h3,6-7,9H,2,4-5H2,1H3. The molecule has 1 aromatic rings. The Hall–Kier alpha value is -0.540. The number of anilines is 1. The number of ether oxygens (including phenoxy) is 1. The Kier molecular flexibility index (Phi) is 4.01. The van der Waals surface area contributed by atoms with Gasteiger partial charge in [-0.25, -0.2) is 0 Å². The SMILES string of the molecule is COCCCNc1ccsc1. The average molecular weight is 171 g/mol. The van der Waals surface area contributed by atoms with E-state index in [-0.39, 0.29) is 0 Å². The molecular formula is C8H13NOS. The van der Waals surface area contributed by atoms with Gasteiger partial charge in [0.15, 0.2) is 0 Å². The Morgan fingerprint density at radius 3 is 3.18 bits per heavy atom. The molecule has 0 aliphatic carbocycles. The van der Waals surface area contributed by atoms with Crippen LogP contribution < -0.4 is 5.32 Å². The molecule has 0 saturated carbocycles. The summed E-state index contributed by atoms with van der Waals surface area (Å²) in [4.78, 5) is 0. The minimum Gasteiger partial charge on any atom is -0.385 e. The summed E-state index contributed by atoms with van der Waals surface area (Å²) >= 11 is 1.71. The van der Waals surface area contributed by atoms with Crippen LogP contribution in [0.15, 0.2) is 16.8 Å². The number of hydrogen-bond donors (Lipinski definition) is 1. The smallest absolute Gasteiger partial charge is 0.0479 e. The van der Waals surface area contributed by atoms with Gasteiger partial charge >= 0.3 is 0 Å². The lowest BCUT2D eigenvalue weighted by Gasteiger charge is -2.01. The van der Waals surface area contributed by atoms with Crippen molar-refractivity contribution < 1.29 is 4.74 Å². The van der Waals surface area contributed by atoms with Gasteiger partial charge in [-0.15, -0.1) is 0 Å². The van der Waals surface area contributed by atoms with Crippen molar-refractivity contribution in [1.29, 1.82) is 0 Å². The number of thiophene rings is 1. The Bertz CT molecular complexity index is 174. The molecule has 0 unspecified atom stereocenters. The van der Waals surface area contributed by atoms with Crippen LogP contribution in [0.2, 0.25) is 0 Å². The van der Waals surface area contributed by atoms with E-state index in [1.165, 1.54) is 5.69 Å². The molecule has 0 atom stereocenters. The van der Waals surface area contributed by atoms with E-state index >= 15 is 0 Å². The van der Waals surface area contributed by atoms with Crippen molar-refractivity contribution in [3.05, 3.63) is 16.8 Å². The van der Waals surface area contributed by atoms with Crippen LogP contribution in [0.5, 0.6) is 0 Å². The molecule has 11 heavy (non-hydrogen) atoms. The number of methoxy groups -OCH3 is 1. The summed E-state index contributed by atoms with van der Waals surface area (Å²) in [5.41, 5.74) is 1.21. The summed E-state index contributed by atoms with van der Waals surface area (Å²) in [6.07, 6.45) is 1.06. The number of hydrogen-bond acceptors (Lipinski definition) is 3. The van der Waals surface area contributed by atoms with Gasteiger partial charge in [-0.2, -0.15) is 11.3 Å². The molecule has 1 aromatic heterocycles. The fourth-order valence-electron chi connectivity index (χ4n) is 0.814. The van der Waals surface area contributed by atoms with Crippen LogP contribution >= 0.6 is 11.3 Å². The van der Waals surface area contributed by atoms with Gasteiger partial charge < -0.3 is 10.1 Å². The molecule has 1 rings (SSSR count). The predicted molar refractivity (Wildman–Crippen MR) is 49.3 cm³/mol. The molecule has 62 valence electrons. The van der Waals surface area contributed by atoms with Crippen LogP contribution in [0, 0.1) is 0 Å². The molecule has 1 heterocycles. The van der Waals surface area contributed by atoms with Gasteiger partial charge in [0, 0.05) is 31.3 Å². The van der Waals surface area contributed by atoms with Crippen molar-refractivity contribution in [3.63, 3.8) is 0 Å². The Morgan fingerprint density at radius 2 is 2.55 bits per heavy atom. The molecule has 2 nitrogen and oxygen atoms in total. The minimum atomic E-state index is 0.830. The zero-order valence-corrected chi connectivity index (χ0v) is 7.49. The summed E-state index contributed by atoms with van der Waals surface area (Å²) in [6.45, 7) is 1.82. The lowest BCUT2D eigenvalue weighted by atomic mass is 10.4. The summed E-state index contributed by atoms with van der Waals surface area (Å²) in [7, 11) is 1.73. The van der Waals surface area contributed by atoms with Gasteiger partial charge in [-0.05, 0) is 17.9 Å². The molecule has 0 spiro atoms. The van der Waals surface area contributed by atoms with Gasteiger partial charge in [0.2, 0.25) is 0 Å². The van der Waals surface area contributed by atoms with Gasteiger partial charge in [0.25, 0.3) is 0 Å². The molecule has 3 heteroatoms. The zero-order chi connectivity index (χ0) is 7.94. The normalized spacial score (nSPS) is 9.91. The molecule has 0 saturated heterocycles. The molecule has 0 aromatic carbocycles. The zero-order valence-electron chi connectivity index (χ0n) is 6.67. The molecule has 0 radical (unpaired) electrons. The van der Waals surface area contributed by atoms with Gasteiger partial charge in [0.1, 0.15) is 0 Å². The van der Waals surface area contributed by atoms with Crippen LogP contribution in [0.1, 0.15) is 6.42 Å². The van der Waals surface area contributed by atoms with Gasteiger partial charge in [-0.3, -0.25) is 0 Å². The Morgan fingerprint density at radius 1 is 1.64 bits per heavy atom. The highest BCUT2D eigenvalue weighted by Gasteiger charge is 1.89. The molecule has 0 aliphatic rings. The Balaban J connectivity index is 2.04. The average Bonchev–Trinajstić information content (AvgIpc) is 2.50. The number of nitrogens with one attached hydrogen (secondary N) is 1. The maximum absolute atomic E-state index is 4.92. The monoisotopic (exact) mass is 171 g/mol. The van der Waals surface area contributed by atoms with Crippen molar-refractivity contribution in [2.24, 2.45) is 0 Å². The highest BCUT2D eigenvalue weighted by Crippen LogP contribution is 2.11. The summed E-state index contributed by atoms with van der Waals surface area (Å²) < 4.78 is 4.92. The second-order valence-corrected chi connectivity index (χ2v) is 3.07. The molecule has 1 N–H and O–H groups in total. The van der Waals surface area contributed by atoms with Crippen LogP contribution in [0.4, 0.5) is 5.69 Å². The maximum Gasteiger partial charge on any atom is 0.0479 e. The molecule has 0 fully saturated rings. The van der Waals surface area contributed by atoms with Crippen molar-refractivity contribution in [1.82, 2.24) is 0 Å². The molecular weight excluding hydrogens is 158 g/mol. The van der Waals surface area contributed by atoms with Crippen molar-refractivity contribution in [2.75, 3.05) is 25.6 Å². The quantitative estimate of drug-likeness (QED) is 0.686. The largest absolute Gasteiger partial charge is 0.385 e. The van der Waals surface area contributed by atoms with E-state index in [0.29, 0.717) is 0 Å². The lowest BCUT2D eigenvalue weighted by molar-refractivity contribution is 0.198. The predicted octanol–water partition coefficient (Wildman–Crippen LogP) is 2.20. The first-order valence-corrected chi connectivity index (χ1v) is 4.63. The van der Waals surface area contributed by atoms with E-state index in [2.05, 4.69) is 22.1 Å². The third-order valence-corrected chi connectivity index (χ3v) is 2.06. The first kappa shape index (κ1) is 8.56. The molecule has 0 bridgehead atoms. The van der Waals surface area contributed by atoms with E-state index in [9.17, 15) is 0 Å². The number of rotatable bonds is 5. The van der Waals surface area contributed by atoms with Gasteiger partial charge in [-0.1, -0.05) is 0 Å². The van der Waals surface area contributed by atoms with Crippen molar-refractivity contribution >= 4 is 17.0 Å². The first-order valence-electron chi connectivity index (χ1n) is 3.68. The fourth-order valence-corrected chi connectivity index (χ4v) is 1.43. The minimum absolute atomic E-state index is 0.830. The van der Waals surface area contributed by atoms with Crippen molar-refractivity contribution in [3.8, 4) is 0 Å². The van der Waals surface area contributed by atoms with Crippen LogP contribution in [-0.2, 0) is 4.74 Å². The molecule has 0 aliphatic heterocycles. The van der Waals surface area contributed by atoms with Gasteiger partial charge in [0.05, 0.1) is 0 Å². The second kappa shape index (κ2) is 5.16. The van der Waals surface area contributed by atoms with Crippen molar-refractivity contribution in [2.45, 2.75) is 6.42 Å². The van der Waals surface area contributed by atoms with E-state index in [0.717, 1.165) is 19.6 Å². The van der Waals surface area contributed by atoms with E-state index in [1.54, 1.807) is 18.4 Å². The third kappa shape index (κ3) is 3.39. The van der Waals surface area contributed by atoms with Crippen LogP contribution in [0.25, 0.3) is 0 Å². The summed E-state index contributed by atoms with van der Waals surface area (Å²) in [5.74, 6) is 0. The summed E-state index contributed by atoms with van der Waals surface area (Å²) in [5, 5.41) is 7.46. The van der Waals surface area contributed by atoms with E-state index in [4.69, 9.17) is 4.74 Å². The lowest BCUT2D eigenvalue weighted by Crippen LogP contribution is -2.03. The first-order chi connectivity index (χ1) is 5.43. The second-order valence-electron chi connectivity index (χ2n) is 2.29. The van der Waals surface area contributed by atoms with E-state index in [1.807, 2.05) is 0 Å². The Labute approximate surface area is 71.2 Å². The topological polar surface area (TPSA) is 21.3 Å². The van der Waals surface area contributed by atoms with E-state index < -0.39 is 0 Å². The third-order valence-electron chi connectivity index (χ3n) is 1.38. The highest BCUT2D eigenvalue weighted by molar-refractivity contribution is 7.08. The van der Waals surface area contributed by atoms with Crippen LogP contribution in [-0.4, -0.2) is 20.3 Å². The summed E-state index contributed by atoms with van der Waals surface area (Å²) in [6, 6.07) is 2.08. The van der Waals surface area contributed by atoms with Crippen LogP contribution in [0.3, 0.4) is 0 Å². The highest BCUT2D eigenvalue weighted by atomic mass is 32.1. The maximum atomic E-state index is 4.92.